The van der Waals surface area contributed by atoms with E-state index in [-0.39, 0.29) is 0 Å². The zero-order valence-electron chi connectivity index (χ0n) is 10.3. The summed E-state index contributed by atoms with van der Waals surface area (Å²) >= 11 is 0. The average molecular weight is 248 g/mol. The largest absolute Gasteiger partial charge is 0.491 e. The van der Waals surface area contributed by atoms with Crippen LogP contribution in [-0.2, 0) is 11.3 Å². The lowest BCUT2D eigenvalue weighted by Crippen LogP contribution is -2.04. The average Bonchev–Trinajstić information content (AvgIpc) is 2.91. The number of methoxy groups -OCH3 is 1. The molecule has 5 nitrogen and oxygen atoms in total. The van der Waals surface area contributed by atoms with Crippen LogP contribution in [0.2, 0.25) is 0 Å². The van der Waals surface area contributed by atoms with Gasteiger partial charge in [-0.1, -0.05) is 0 Å². The number of aromatic nitrogens is 1. The van der Waals surface area contributed by atoms with E-state index in [2.05, 4.69) is 10.3 Å². The molecule has 1 aromatic heterocycles. The van der Waals surface area contributed by atoms with Crippen molar-refractivity contribution in [1.29, 1.82) is 0 Å². The number of oxazole rings is 1. The van der Waals surface area contributed by atoms with Crippen LogP contribution in [-0.4, -0.2) is 25.3 Å². The van der Waals surface area contributed by atoms with E-state index >= 15 is 0 Å². The van der Waals surface area contributed by atoms with E-state index in [9.17, 15) is 0 Å². The molecule has 1 aromatic carbocycles. The molecular formula is C13H16N2O3. The highest BCUT2D eigenvalue weighted by molar-refractivity contribution is 5.46. The molecule has 0 aliphatic carbocycles. The normalized spacial score (nSPS) is 10.3. The first-order chi connectivity index (χ1) is 8.88. The highest BCUT2D eigenvalue weighted by Gasteiger charge is 1.98. The summed E-state index contributed by atoms with van der Waals surface area (Å²) in [5.41, 5.74) is 1.01. The van der Waals surface area contributed by atoms with Gasteiger partial charge in [0, 0.05) is 12.8 Å². The molecule has 0 saturated heterocycles. The zero-order valence-corrected chi connectivity index (χ0v) is 10.3. The lowest BCUT2D eigenvalue weighted by molar-refractivity contribution is 0.146. The second-order valence-corrected chi connectivity index (χ2v) is 3.69. The number of hydrogen-bond acceptors (Lipinski definition) is 5. The van der Waals surface area contributed by atoms with Crippen molar-refractivity contribution < 1.29 is 13.9 Å². The van der Waals surface area contributed by atoms with Gasteiger partial charge in [0.2, 0.25) is 0 Å². The highest BCUT2D eigenvalue weighted by atomic mass is 16.5. The Morgan fingerprint density at radius 2 is 2.06 bits per heavy atom. The number of benzene rings is 1. The maximum absolute atomic E-state index is 5.47. The van der Waals surface area contributed by atoms with Crippen molar-refractivity contribution in [1.82, 2.24) is 4.98 Å². The summed E-state index contributed by atoms with van der Waals surface area (Å²) in [6.07, 6.45) is 3.11. The summed E-state index contributed by atoms with van der Waals surface area (Å²) in [5, 5.41) is 3.23. The van der Waals surface area contributed by atoms with Crippen molar-refractivity contribution >= 4 is 5.69 Å². The summed E-state index contributed by atoms with van der Waals surface area (Å²) in [6, 6.07) is 7.74. The van der Waals surface area contributed by atoms with Crippen LogP contribution in [0.3, 0.4) is 0 Å². The first-order valence-corrected chi connectivity index (χ1v) is 5.71. The van der Waals surface area contributed by atoms with E-state index < -0.39 is 0 Å². The van der Waals surface area contributed by atoms with Crippen LogP contribution in [0.5, 0.6) is 5.75 Å². The quantitative estimate of drug-likeness (QED) is 0.762. The summed E-state index contributed by atoms with van der Waals surface area (Å²) in [4.78, 5) is 3.85. The van der Waals surface area contributed by atoms with E-state index in [1.807, 2.05) is 24.3 Å². The molecule has 2 aromatic rings. The maximum atomic E-state index is 5.47. The molecule has 0 saturated carbocycles. The van der Waals surface area contributed by atoms with Crippen molar-refractivity contribution in [2.75, 3.05) is 25.6 Å². The number of nitrogens with one attached hydrogen (secondary N) is 1. The molecule has 1 heterocycles. The lowest BCUT2D eigenvalue weighted by atomic mass is 10.3. The Bertz CT molecular complexity index is 440. The van der Waals surface area contributed by atoms with Crippen LogP contribution >= 0.6 is 0 Å². The van der Waals surface area contributed by atoms with Gasteiger partial charge in [0.15, 0.2) is 6.39 Å². The number of nitrogens with zero attached hydrogens (tertiary/aromatic N) is 1. The van der Waals surface area contributed by atoms with Gasteiger partial charge >= 0.3 is 0 Å². The first kappa shape index (κ1) is 12.4. The zero-order chi connectivity index (χ0) is 12.6. The molecule has 0 aliphatic rings. The molecule has 0 bridgehead atoms. The molecule has 2 rings (SSSR count). The topological polar surface area (TPSA) is 56.5 Å². The molecule has 1 N–H and O–H groups in total. The number of anilines is 1. The SMILES string of the molecule is COCCOc1ccc(NCc2cnco2)cc1. The van der Waals surface area contributed by atoms with Gasteiger partial charge in [-0.05, 0) is 24.3 Å². The second kappa shape index (κ2) is 6.66. The Labute approximate surface area is 106 Å². The van der Waals surface area contributed by atoms with Crippen LogP contribution in [0.15, 0.2) is 41.3 Å². The molecule has 0 spiro atoms. The summed E-state index contributed by atoms with van der Waals surface area (Å²) in [5.74, 6) is 1.63. The van der Waals surface area contributed by atoms with Gasteiger partial charge in [0.1, 0.15) is 18.1 Å². The van der Waals surface area contributed by atoms with Gasteiger partial charge in [-0.3, -0.25) is 0 Å². The predicted octanol–water partition coefficient (Wildman–Crippen LogP) is 2.31. The Hall–Kier alpha value is -2.01. The summed E-state index contributed by atoms with van der Waals surface area (Å²) < 4.78 is 15.5. The van der Waals surface area contributed by atoms with E-state index in [4.69, 9.17) is 13.9 Å². The van der Waals surface area contributed by atoms with Crippen molar-refractivity contribution in [3.8, 4) is 5.75 Å². The minimum Gasteiger partial charge on any atom is -0.491 e. The van der Waals surface area contributed by atoms with Crippen LogP contribution in [0.25, 0.3) is 0 Å². The first-order valence-electron chi connectivity index (χ1n) is 5.71. The third-order valence-corrected chi connectivity index (χ3v) is 2.36. The van der Waals surface area contributed by atoms with Gasteiger partial charge in [0.25, 0.3) is 0 Å². The van der Waals surface area contributed by atoms with E-state index in [0.29, 0.717) is 19.8 Å². The van der Waals surface area contributed by atoms with Gasteiger partial charge < -0.3 is 19.2 Å². The molecule has 0 atom stereocenters. The fraction of sp³-hybridized carbons (Fsp3) is 0.308. The minimum absolute atomic E-state index is 0.557. The van der Waals surface area contributed by atoms with Gasteiger partial charge in [-0.25, -0.2) is 4.98 Å². The Morgan fingerprint density at radius 1 is 1.22 bits per heavy atom. The lowest BCUT2D eigenvalue weighted by Gasteiger charge is -2.07. The smallest absolute Gasteiger partial charge is 0.180 e. The molecule has 5 heteroatoms. The van der Waals surface area contributed by atoms with E-state index in [1.54, 1.807) is 13.3 Å². The molecule has 0 aliphatic heterocycles. The third-order valence-electron chi connectivity index (χ3n) is 2.36. The van der Waals surface area contributed by atoms with Crippen LogP contribution in [0.4, 0.5) is 5.69 Å². The van der Waals surface area contributed by atoms with E-state index in [1.165, 1.54) is 6.39 Å². The number of hydrogen-bond donors (Lipinski definition) is 1. The standard InChI is InChI=1S/C13H16N2O3/c1-16-6-7-17-12-4-2-11(3-5-12)15-9-13-8-14-10-18-13/h2-5,8,10,15H,6-7,9H2,1H3. The minimum atomic E-state index is 0.557. The highest BCUT2D eigenvalue weighted by Crippen LogP contribution is 2.16. The Morgan fingerprint density at radius 3 is 2.72 bits per heavy atom. The fourth-order valence-corrected chi connectivity index (χ4v) is 1.43. The summed E-state index contributed by atoms with van der Waals surface area (Å²) in [7, 11) is 1.65. The summed E-state index contributed by atoms with van der Waals surface area (Å²) in [6.45, 7) is 1.76. The van der Waals surface area contributed by atoms with Gasteiger partial charge in [-0.2, -0.15) is 0 Å². The Kier molecular flexibility index (Phi) is 4.60. The molecular weight excluding hydrogens is 232 g/mol. The van der Waals surface area contributed by atoms with Crippen LogP contribution < -0.4 is 10.1 Å². The van der Waals surface area contributed by atoms with E-state index in [0.717, 1.165) is 17.2 Å². The molecule has 0 fully saturated rings. The van der Waals surface area contributed by atoms with Crippen molar-refractivity contribution in [3.63, 3.8) is 0 Å². The van der Waals surface area contributed by atoms with Gasteiger partial charge in [-0.15, -0.1) is 0 Å². The second-order valence-electron chi connectivity index (χ2n) is 3.69. The Balaban J connectivity index is 1.80. The molecule has 18 heavy (non-hydrogen) atoms. The molecule has 0 amide bonds. The van der Waals surface area contributed by atoms with Crippen molar-refractivity contribution in [2.24, 2.45) is 0 Å². The molecule has 96 valence electrons. The van der Waals surface area contributed by atoms with Crippen molar-refractivity contribution in [3.05, 3.63) is 42.6 Å². The van der Waals surface area contributed by atoms with Crippen molar-refractivity contribution in [2.45, 2.75) is 6.54 Å². The molecule has 0 unspecified atom stereocenters. The maximum Gasteiger partial charge on any atom is 0.180 e. The predicted molar refractivity (Wildman–Crippen MR) is 67.6 cm³/mol. The third kappa shape index (κ3) is 3.78. The van der Waals surface area contributed by atoms with Crippen LogP contribution in [0, 0.1) is 0 Å². The number of rotatable bonds is 7. The van der Waals surface area contributed by atoms with Gasteiger partial charge in [0.05, 0.1) is 19.3 Å². The number of ether oxygens (including phenoxy) is 2. The molecule has 0 radical (unpaired) electrons. The monoisotopic (exact) mass is 248 g/mol. The van der Waals surface area contributed by atoms with Crippen LogP contribution in [0.1, 0.15) is 5.76 Å². The fourth-order valence-electron chi connectivity index (χ4n) is 1.43.